The smallest absolute Gasteiger partial charge is 0.317 e. The monoisotopic (exact) mass is 341 g/mol. The average molecular weight is 341 g/mol. The number of rotatable bonds is 7. The van der Waals surface area contributed by atoms with Crippen LogP contribution in [0.1, 0.15) is 43.5 Å². The molecule has 0 spiro atoms. The molecule has 3 atom stereocenters. The molecule has 0 radical (unpaired) electrons. The summed E-state index contributed by atoms with van der Waals surface area (Å²) in [7, 11) is 1.76. The number of pyridine rings is 1. The molecule has 2 N–H and O–H groups in total. The van der Waals surface area contributed by atoms with E-state index in [9.17, 15) is 9.90 Å². The zero-order valence-corrected chi connectivity index (χ0v) is 15.1. The zero-order valence-electron chi connectivity index (χ0n) is 15.1. The number of nitrogens with one attached hydrogen (secondary N) is 1. The first-order valence-electron chi connectivity index (χ1n) is 8.63. The minimum atomic E-state index is -0.424. The van der Waals surface area contributed by atoms with E-state index >= 15 is 0 Å². The molecule has 0 aliphatic rings. The van der Waals surface area contributed by atoms with Gasteiger partial charge in [0.05, 0.1) is 17.8 Å². The van der Waals surface area contributed by atoms with Crippen LogP contribution in [0.5, 0.6) is 0 Å². The van der Waals surface area contributed by atoms with Crippen LogP contribution >= 0.6 is 0 Å². The van der Waals surface area contributed by atoms with Crippen LogP contribution in [0.3, 0.4) is 0 Å². The molecule has 2 amide bonds. The summed E-state index contributed by atoms with van der Waals surface area (Å²) < 4.78 is 0. The van der Waals surface area contributed by atoms with Crippen LogP contribution in [0.15, 0.2) is 54.7 Å². The minimum Gasteiger partial charge on any atom is -0.393 e. The van der Waals surface area contributed by atoms with Gasteiger partial charge in [-0.15, -0.1) is 0 Å². The van der Waals surface area contributed by atoms with Crippen LogP contribution in [0.4, 0.5) is 4.79 Å². The van der Waals surface area contributed by atoms with Gasteiger partial charge in [-0.05, 0) is 38.0 Å². The lowest BCUT2D eigenvalue weighted by Gasteiger charge is -2.26. The van der Waals surface area contributed by atoms with E-state index in [0.717, 1.165) is 11.3 Å². The molecule has 0 aliphatic carbocycles. The van der Waals surface area contributed by atoms with Crippen LogP contribution in [0, 0.1) is 0 Å². The van der Waals surface area contributed by atoms with Crippen molar-refractivity contribution in [1.29, 1.82) is 0 Å². The third kappa shape index (κ3) is 5.57. The normalized spacial score (nSPS) is 14.4. The summed E-state index contributed by atoms with van der Waals surface area (Å²) in [5.74, 6) is 0.0729. The molecule has 2 rings (SSSR count). The Morgan fingerprint density at radius 1 is 1.16 bits per heavy atom. The average Bonchev–Trinajstić information content (AvgIpc) is 2.64. The maximum Gasteiger partial charge on any atom is 0.317 e. The number of urea groups is 1. The molecule has 0 bridgehead atoms. The molecule has 0 saturated carbocycles. The van der Waals surface area contributed by atoms with E-state index in [4.69, 9.17) is 0 Å². The first-order valence-corrected chi connectivity index (χ1v) is 8.63. The molecule has 134 valence electrons. The van der Waals surface area contributed by atoms with Gasteiger partial charge in [0.2, 0.25) is 0 Å². The van der Waals surface area contributed by atoms with Crippen molar-refractivity contribution in [2.45, 2.75) is 38.3 Å². The summed E-state index contributed by atoms with van der Waals surface area (Å²) in [5.41, 5.74) is 1.97. The van der Waals surface area contributed by atoms with Gasteiger partial charge in [-0.2, -0.15) is 0 Å². The maximum absolute atomic E-state index is 12.5. The second-order valence-electron chi connectivity index (χ2n) is 6.42. The number of aliphatic hydroxyl groups is 1. The first-order chi connectivity index (χ1) is 12.0. The van der Waals surface area contributed by atoms with Gasteiger partial charge >= 0.3 is 6.03 Å². The number of aromatic nitrogens is 1. The molecule has 1 aromatic heterocycles. The molecule has 1 heterocycles. The van der Waals surface area contributed by atoms with Crippen molar-refractivity contribution >= 4 is 6.03 Å². The Bertz CT molecular complexity index is 647. The maximum atomic E-state index is 12.5. The summed E-state index contributed by atoms with van der Waals surface area (Å²) >= 11 is 0. The lowest BCUT2D eigenvalue weighted by molar-refractivity contribution is 0.169. The quantitative estimate of drug-likeness (QED) is 0.812. The Balaban J connectivity index is 1.98. The first kappa shape index (κ1) is 18.9. The third-order valence-corrected chi connectivity index (χ3v) is 4.41. The van der Waals surface area contributed by atoms with E-state index in [-0.39, 0.29) is 18.0 Å². The lowest BCUT2D eigenvalue weighted by Crippen LogP contribution is -2.41. The molecular formula is C20H27N3O2. The number of amides is 2. The fraction of sp³-hybridized carbons (Fsp3) is 0.400. The van der Waals surface area contributed by atoms with Gasteiger partial charge in [0, 0.05) is 25.7 Å². The van der Waals surface area contributed by atoms with E-state index in [1.54, 1.807) is 25.1 Å². The van der Waals surface area contributed by atoms with Crippen LogP contribution in [-0.4, -0.2) is 40.7 Å². The Hall–Kier alpha value is -2.40. The van der Waals surface area contributed by atoms with Crippen LogP contribution in [0.2, 0.25) is 0 Å². The molecule has 1 aromatic carbocycles. The molecule has 3 unspecified atom stereocenters. The number of carbonyl (C=O) groups excluding carboxylic acids is 1. The number of nitrogens with zero attached hydrogens (tertiary/aromatic N) is 2. The van der Waals surface area contributed by atoms with E-state index in [2.05, 4.69) is 10.3 Å². The van der Waals surface area contributed by atoms with Gasteiger partial charge in [-0.3, -0.25) is 4.98 Å². The van der Waals surface area contributed by atoms with Crippen molar-refractivity contribution in [3.05, 3.63) is 66.0 Å². The Morgan fingerprint density at radius 2 is 1.84 bits per heavy atom. The van der Waals surface area contributed by atoms with E-state index in [0.29, 0.717) is 13.0 Å². The van der Waals surface area contributed by atoms with E-state index < -0.39 is 6.10 Å². The highest BCUT2D eigenvalue weighted by molar-refractivity contribution is 5.74. The highest BCUT2D eigenvalue weighted by Gasteiger charge is 2.20. The lowest BCUT2D eigenvalue weighted by atomic mass is 9.93. The Kier molecular flexibility index (Phi) is 6.95. The van der Waals surface area contributed by atoms with Gasteiger partial charge < -0.3 is 15.3 Å². The second kappa shape index (κ2) is 9.18. The fourth-order valence-corrected chi connectivity index (χ4v) is 2.81. The molecule has 25 heavy (non-hydrogen) atoms. The number of aliphatic hydroxyl groups excluding tert-OH is 1. The number of hydrogen-bond donors (Lipinski definition) is 2. The third-order valence-electron chi connectivity index (χ3n) is 4.41. The number of benzene rings is 1. The molecule has 5 nitrogen and oxygen atoms in total. The Labute approximate surface area is 149 Å². The highest BCUT2D eigenvalue weighted by atomic mass is 16.3. The van der Waals surface area contributed by atoms with Gasteiger partial charge in [-0.1, -0.05) is 36.4 Å². The van der Waals surface area contributed by atoms with Crippen LogP contribution < -0.4 is 5.32 Å². The van der Waals surface area contributed by atoms with Crippen molar-refractivity contribution in [3.63, 3.8) is 0 Å². The van der Waals surface area contributed by atoms with Crippen LogP contribution in [0.25, 0.3) is 0 Å². The zero-order chi connectivity index (χ0) is 18.2. The summed E-state index contributed by atoms with van der Waals surface area (Å²) in [6, 6.07) is 15.4. The van der Waals surface area contributed by atoms with Gasteiger partial charge in [-0.25, -0.2) is 4.79 Å². The van der Waals surface area contributed by atoms with Crippen molar-refractivity contribution in [2.24, 2.45) is 0 Å². The highest BCUT2D eigenvalue weighted by Crippen LogP contribution is 2.21. The predicted molar refractivity (Wildman–Crippen MR) is 99.3 cm³/mol. The molecule has 0 aliphatic heterocycles. The fourth-order valence-electron chi connectivity index (χ4n) is 2.81. The van der Waals surface area contributed by atoms with Crippen molar-refractivity contribution in [1.82, 2.24) is 15.2 Å². The number of carbonyl (C=O) groups is 1. The molecule has 0 fully saturated rings. The van der Waals surface area contributed by atoms with Gasteiger partial charge in [0.25, 0.3) is 0 Å². The molecule has 5 heteroatoms. The Morgan fingerprint density at radius 3 is 2.44 bits per heavy atom. The second-order valence-corrected chi connectivity index (χ2v) is 6.42. The van der Waals surface area contributed by atoms with Crippen LogP contribution in [-0.2, 0) is 0 Å². The van der Waals surface area contributed by atoms with Gasteiger partial charge in [0.15, 0.2) is 0 Å². The topological polar surface area (TPSA) is 65.5 Å². The van der Waals surface area contributed by atoms with Gasteiger partial charge in [0.1, 0.15) is 0 Å². The van der Waals surface area contributed by atoms with Crippen molar-refractivity contribution in [3.8, 4) is 0 Å². The molecule has 0 saturated heterocycles. The minimum absolute atomic E-state index is 0.0729. The summed E-state index contributed by atoms with van der Waals surface area (Å²) in [6.07, 6.45) is 1.91. The van der Waals surface area contributed by atoms with Crippen molar-refractivity contribution < 1.29 is 9.90 Å². The predicted octanol–water partition coefficient (Wildman–Crippen LogP) is 3.34. The standard InChI is InChI=1S/C20H27N3O2/c1-15(24)13-18(17-9-5-4-6-10-17)14-22-20(25)23(3)16(2)19-11-7-8-12-21-19/h4-12,15-16,18,24H,13-14H2,1-3H3,(H,22,25). The summed E-state index contributed by atoms with van der Waals surface area (Å²) in [4.78, 5) is 18.5. The molecule has 2 aromatic rings. The van der Waals surface area contributed by atoms with Crippen molar-refractivity contribution in [2.75, 3.05) is 13.6 Å². The van der Waals surface area contributed by atoms with E-state index in [1.165, 1.54) is 0 Å². The largest absolute Gasteiger partial charge is 0.393 e. The SMILES string of the molecule is CC(O)CC(CNC(=O)N(C)C(C)c1ccccn1)c1ccccc1. The number of hydrogen-bond acceptors (Lipinski definition) is 3. The summed E-state index contributed by atoms with van der Waals surface area (Å²) in [6.45, 7) is 4.20. The van der Waals surface area contributed by atoms with E-state index in [1.807, 2.05) is 55.5 Å². The molecular weight excluding hydrogens is 314 g/mol. The summed E-state index contributed by atoms with van der Waals surface area (Å²) in [5, 5.41) is 12.7.